The highest BCUT2D eigenvalue weighted by atomic mass is 19.1. The van der Waals surface area contributed by atoms with Gasteiger partial charge in [0.15, 0.2) is 17.3 Å². The van der Waals surface area contributed by atoms with E-state index in [-0.39, 0.29) is 11.5 Å². The van der Waals surface area contributed by atoms with Gasteiger partial charge in [-0.05, 0) is 24.6 Å². The number of aromatic nitrogens is 3. The summed E-state index contributed by atoms with van der Waals surface area (Å²) in [6.45, 7) is 2.96. The predicted molar refractivity (Wildman–Crippen MR) is 104 cm³/mol. The van der Waals surface area contributed by atoms with E-state index in [1.807, 2.05) is 0 Å². The van der Waals surface area contributed by atoms with Gasteiger partial charge in [0, 0.05) is 25.2 Å². The second-order valence-corrected chi connectivity index (χ2v) is 6.37. The van der Waals surface area contributed by atoms with Crippen molar-refractivity contribution in [3.05, 3.63) is 52.7 Å². The molecule has 0 saturated heterocycles. The van der Waals surface area contributed by atoms with Crippen LogP contribution in [0.25, 0.3) is 11.0 Å². The van der Waals surface area contributed by atoms with E-state index in [1.54, 1.807) is 25.4 Å². The van der Waals surface area contributed by atoms with E-state index < -0.39 is 11.4 Å². The molecule has 0 fully saturated rings. The summed E-state index contributed by atoms with van der Waals surface area (Å²) in [6, 6.07) is 7.50. The van der Waals surface area contributed by atoms with Crippen molar-refractivity contribution in [3.63, 3.8) is 0 Å². The molecule has 0 aliphatic heterocycles. The first kappa shape index (κ1) is 18.8. The van der Waals surface area contributed by atoms with E-state index in [4.69, 9.17) is 4.74 Å². The summed E-state index contributed by atoms with van der Waals surface area (Å²) in [5.74, 6) is -0.0190. The number of rotatable bonds is 8. The van der Waals surface area contributed by atoms with Gasteiger partial charge in [0.25, 0.3) is 5.56 Å². The monoisotopic (exact) mass is 370 g/mol. The smallest absolute Gasteiger partial charge is 0.294 e. The molecule has 3 aromatic rings. The second-order valence-electron chi connectivity index (χ2n) is 6.37. The lowest BCUT2D eigenvalue weighted by atomic mass is 10.2. The van der Waals surface area contributed by atoms with Crippen molar-refractivity contribution in [2.45, 2.75) is 32.6 Å². The summed E-state index contributed by atoms with van der Waals surface area (Å²) in [6.07, 6.45) is 6.23. The molecule has 0 saturated carbocycles. The molecule has 0 radical (unpaired) electrons. The molecule has 3 rings (SSSR count). The Balaban J connectivity index is 1.83. The molecule has 0 amide bonds. The lowest BCUT2D eigenvalue weighted by molar-refractivity contribution is 0.434. The fourth-order valence-electron chi connectivity index (χ4n) is 2.77. The Labute approximate surface area is 157 Å². The molecule has 0 bridgehead atoms. The lowest BCUT2D eigenvalue weighted by Gasteiger charge is -2.11. The third-order valence-electron chi connectivity index (χ3n) is 4.29. The maximum Gasteiger partial charge on any atom is 0.294 e. The van der Waals surface area contributed by atoms with E-state index in [9.17, 15) is 9.18 Å². The van der Waals surface area contributed by atoms with Crippen LogP contribution in [0.4, 0.5) is 10.3 Å². The van der Waals surface area contributed by atoms with E-state index >= 15 is 0 Å². The van der Waals surface area contributed by atoms with Crippen LogP contribution in [0.1, 0.15) is 32.6 Å². The molecule has 0 aliphatic carbocycles. The molecule has 2 heterocycles. The van der Waals surface area contributed by atoms with Crippen LogP contribution < -0.4 is 15.6 Å². The van der Waals surface area contributed by atoms with Crippen molar-refractivity contribution in [1.82, 2.24) is 14.5 Å². The standard InChI is InChI=1S/C20H23FN4O2/c1-3-4-5-8-11-22-20-23-13-14-12-17(19(26)25(2)18(14)24-20)27-16-10-7-6-9-15(16)21/h6-7,9-10,12-13H,3-5,8,11H2,1-2H3,(H,22,23,24). The fraction of sp³-hybridized carbons (Fsp3) is 0.350. The lowest BCUT2D eigenvalue weighted by Crippen LogP contribution is -2.20. The predicted octanol–water partition coefficient (Wildman–Crippen LogP) is 4.25. The van der Waals surface area contributed by atoms with Gasteiger partial charge in [-0.1, -0.05) is 38.3 Å². The van der Waals surface area contributed by atoms with E-state index in [1.165, 1.54) is 35.6 Å². The van der Waals surface area contributed by atoms with Crippen molar-refractivity contribution < 1.29 is 9.13 Å². The molecule has 1 aromatic carbocycles. The molecule has 1 N–H and O–H groups in total. The van der Waals surface area contributed by atoms with E-state index in [0.717, 1.165) is 19.4 Å². The zero-order chi connectivity index (χ0) is 19.2. The number of halogens is 1. The molecule has 0 spiro atoms. The van der Waals surface area contributed by atoms with Crippen molar-refractivity contribution in [3.8, 4) is 11.5 Å². The van der Waals surface area contributed by atoms with Crippen molar-refractivity contribution in [2.75, 3.05) is 11.9 Å². The minimum absolute atomic E-state index is 0.000217. The van der Waals surface area contributed by atoms with Crippen LogP contribution in [0.3, 0.4) is 0 Å². The van der Waals surface area contributed by atoms with Crippen molar-refractivity contribution in [1.29, 1.82) is 0 Å². The summed E-state index contributed by atoms with van der Waals surface area (Å²) in [5.41, 5.74) is 0.102. The fourth-order valence-corrected chi connectivity index (χ4v) is 2.77. The van der Waals surface area contributed by atoms with Crippen molar-refractivity contribution in [2.24, 2.45) is 7.05 Å². The number of hydrogen-bond donors (Lipinski definition) is 1. The van der Waals surface area contributed by atoms with Crippen LogP contribution in [0.2, 0.25) is 0 Å². The van der Waals surface area contributed by atoms with E-state index in [2.05, 4.69) is 22.2 Å². The summed E-state index contributed by atoms with van der Waals surface area (Å²) >= 11 is 0. The van der Waals surface area contributed by atoms with Gasteiger partial charge in [0.1, 0.15) is 5.65 Å². The molecule has 0 aliphatic rings. The van der Waals surface area contributed by atoms with Crippen molar-refractivity contribution >= 4 is 17.0 Å². The molecule has 27 heavy (non-hydrogen) atoms. The maximum absolute atomic E-state index is 13.8. The third kappa shape index (κ3) is 4.42. The van der Waals surface area contributed by atoms with Crippen LogP contribution in [0, 0.1) is 5.82 Å². The zero-order valence-electron chi connectivity index (χ0n) is 15.5. The van der Waals surface area contributed by atoms with Gasteiger partial charge >= 0.3 is 0 Å². The first-order chi connectivity index (χ1) is 13.1. The first-order valence-electron chi connectivity index (χ1n) is 9.13. The maximum atomic E-state index is 13.8. The Bertz CT molecular complexity index is 987. The Morgan fingerprint density at radius 1 is 1.19 bits per heavy atom. The SMILES string of the molecule is CCCCCCNc1ncc2cc(Oc3ccccc3F)c(=O)n(C)c2n1. The van der Waals surface area contributed by atoms with Gasteiger partial charge < -0.3 is 10.1 Å². The Morgan fingerprint density at radius 2 is 2.00 bits per heavy atom. The van der Waals surface area contributed by atoms with Crippen LogP contribution in [-0.2, 0) is 7.05 Å². The highest BCUT2D eigenvalue weighted by Gasteiger charge is 2.13. The first-order valence-corrected chi connectivity index (χ1v) is 9.13. The number of nitrogens with one attached hydrogen (secondary N) is 1. The summed E-state index contributed by atoms with van der Waals surface area (Å²) in [4.78, 5) is 21.3. The van der Waals surface area contributed by atoms with Gasteiger partial charge in [-0.2, -0.15) is 4.98 Å². The molecular formula is C20H23FN4O2. The van der Waals surface area contributed by atoms with Crippen LogP contribution in [-0.4, -0.2) is 21.1 Å². The number of pyridine rings is 1. The van der Waals surface area contributed by atoms with Crippen LogP contribution >= 0.6 is 0 Å². The van der Waals surface area contributed by atoms with Gasteiger partial charge in [0.2, 0.25) is 5.95 Å². The minimum atomic E-state index is -0.529. The Morgan fingerprint density at radius 3 is 2.78 bits per heavy atom. The third-order valence-corrected chi connectivity index (χ3v) is 4.29. The highest BCUT2D eigenvalue weighted by molar-refractivity contribution is 5.76. The number of aryl methyl sites for hydroxylation is 1. The molecule has 0 unspecified atom stereocenters. The minimum Gasteiger partial charge on any atom is -0.448 e. The molecule has 142 valence electrons. The van der Waals surface area contributed by atoms with E-state index in [0.29, 0.717) is 17.0 Å². The quantitative estimate of drug-likeness (QED) is 0.600. The second kappa shape index (κ2) is 8.62. The number of fused-ring (bicyclic) bond motifs is 1. The summed E-state index contributed by atoms with van der Waals surface area (Å²) in [7, 11) is 1.61. The van der Waals surface area contributed by atoms with Gasteiger partial charge in [-0.15, -0.1) is 0 Å². The molecule has 7 heteroatoms. The average Bonchev–Trinajstić information content (AvgIpc) is 2.68. The normalized spacial score (nSPS) is 10.9. The highest BCUT2D eigenvalue weighted by Crippen LogP contribution is 2.24. The Hall–Kier alpha value is -2.96. The number of para-hydroxylation sites is 1. The number of nitrogens with zero attached hydrogens (tertiary/aromatic N) is 3. The molecular weight excluding hydrogens is 347 g/mol. The topological polar surface area (TPSA) is 69.0 Å². The van der Waals surface area contributed by atoms with Crippen LogP contribution in [0.5, 0.6) is 11.5 Å². The summed E-state index contributed by atoms with van der Waals surface area (Å²) < 4.78 is 20.7. The van der Waals surface area contributed by atoms with Gasteiger partial charge in [-0.3, -0.25) is 9.36 Å². The van der Waals surface area contributed by atoms with Crippen LogP contribution in [0.15, 0.2) is 41.3 Å². The zero-order valence-corrected chi connectivity index (χ0v) is 15.5. The number of benzene rings is 1. The molecule has 2 aromatic heterocycles. The molecule has 6 nitrogen and oxygen atoms in total. The number of ether oxygens (including phenoxy) is 1. The number of hydrogen-bond acceptors (Lipinski definition) is 5. The average molecular weight is 370 g/mol. The Kier molecular flexibility index (Phi) is 6.01. The largest absolute Gasteiger partial charge is 0.448 e. The van der Waals surface area contributed by atoms with Gasteiger partial charge in [0.05, 0.1) is 0 Å². The molecule has 0 atom stereocenters. The van der Waals surface area contributed by atoms with Gasteiger partial charge in [-0.25, -0.2) is 9.37 Å². The number of anilines is 1. The summed E-state index contributed by atoms with van der Waals surface area (Å²) in [5, 5.41) is 3.82. The number of unbranched alkanes of at least 4 members (excludes halogenated alkanes) is 3.